The van der Waals surface area contributed by atoms with E-state index in [1.165, 1.54) is 0 Å². The van der Waals surface area contributed by atoms with Crippen LogP contribution < -0.4 is 10.6 Å². The van der Waals surface area contributed by atoms with Gasteiger partial charge in [-0.05, 0) is 27.8 Å². The molecule has 0 fully saturated rings. The normalized spacial score (nSPS) is 15.9. The van der Waals surface area contributed by atoms with Gasteiger partial charge in [-0.15, -0.1) is 0 Å². The van der Waals surface area contributed by atoms with E-state index in [1.54, 1.807) is 18.9 Å². The third-order valence-corrected chi connectivity index (χ3v) is 3.25. The predicted octanol–water partition coefficient (Wildman–Crippen LogP) is 0.356. The number of carbonyl (C=O) groups is 2. The highest BCUT2D eigenvalue weighted by atomic mass is 16.2. The molecule has 0 aliphatic carbocycles. The van der Waals surface area contributed by atoms with Crippen LogP contribution >= 0.6 is 0 Å². The first-order chi connectivity index (χ1) is 7.90. The number of nitrogens with zero attached hydrogens (tertiary/aromatic N) is 1. The molecule has 0 bridgehead atoms. The van der Waals surface area contributed by atoms with E-state index >= 15 is 0 Å². The molecule has 0 aromatic heterocycles. The number of hydrogen-bond acceptors (Lipinski definition) is 3. The van der Waals surface area contributed by atoms with Gasteiger partial charge >= 0.3 is 0 Å². The van der Waals surface area contributed by atoms with Crippen molar-refractivity contribution in [3.63, 3.8) is 0 Å². The zero-order valence-corrected chi connectivity index (χ0v) is 11.7. The van der Waals surface area contributed by atoms with Crippen LogP contribution in [0.5, 0.6) is 0 Å². The summed E-state index contributed by atoms with van der Waals surface area (Å²) in [6.45, 7) is 7.51. The Kier molecular flexibility index (Phi) is 6.80. The summed E-state index contributed by atoms with van der Waals surface area (Å²) >= 11 is 0. The molecule has 3 unspecified atom stereocenters. The van der Waals surface area contributed by atoms with Crippen molar-refractivity contribution in [3.8, 4) is 0 Å². The first kappa shape index (κ1) is 15.9. The van der Waals surface area contributed by atoms with Gasteiger partial charge in [0.25, 0.3) is 0 Å². The predicted molar refractivity (Wildman–Crippen MR) is 68.6 cm³/mol. The summed E-state index contributed by atoms with van der Waals surface area (Å²) in [6, 6.07) is -0.337. The molecule has 0 saturated carbocycles. The molecule has 3 atom stereocenters. The monoisotopic (exact) mass is 243 g/mol. The second kappa shape index (κ2) is 7.27. The highest BCUT2D eigenvalue weighted by Gasteiger charge is 2.30. The van der Waals surface area contributed by atoms with Crippen molar-refractivity contribution in [3.05, 3.63) is 0 Å². The summed E-state index contributed by atoms with van der Waals surface area (Å²) in [7, 11) is 3.43. The molecule has 0 aliphatic heterocycles. The number of rotatable bonds is 6. The Morgan fingerprint density at radius 1 is 1.18 bits per heavy atom. The minimum absolute atomic E-state index is 0.00398. The quantitative estimate of drug-likeness (QED) is 0.708. The van der Waals surface area contributed by atoms with Crippen molar-refractivity contribution in [1.29, 1.82) is 0 Å². The molecular weight excluding hydrogens is 218 g/mol. The molecule has 0 spiro atoms. The fourth-order valence-corrected chi connectivity index (χ4v) is 1.80. The van der Waals surface area contributed by atoms with E-state index in [2.05, 4.69) is 10.6 Å². The summed E-state index contributed by atoms with van der Waals surface area (Å²) in [5.41, 5.74) is 0. The number of nitrogens with one attached hydrogen (secondary N) is 2. The van der Waals surface area contributed by atoms with Crippen LogP contribution in [0.15, 0.2) is 0 Å². The second-order valence-electron chi connectivity index (χ2n) is 4.26. The lowest BCUT2D eigenvalue weighted by atomic mass is 10.1. The highest BCUT2D eigenvalue weighted by molar-refractivity contribution is 5.87. The number of amides is 2. The van der Waals surface area contributed by atoms with E-state index in [0.717, 1.165) is 0 Å². The smallest absolute Gasteiger partial charge is 0.242 e. The minimum Gasteiger partial charge on any atom is -0.357 e. The van der Waals surface area contributed by atoms with Crippen LogP contribution in [-0.2, 0) is 9.59 Å². The topological polar surface area (TPSA) is 61.4 Å². The van der Waals surface area contributed by atoms with Gasteiger partial charge in [0.1, 0.15) is 6.04 Å². The Labute approximate surface area is 104 Å². The van der Waals surface area contributed by atoms with Gasteiger partial charge in [-0.1, -0.05) is 6.92 Å². The Bertz CT molecular complexity index is 268. The van der Waals surface area contributed by atoms with E-state index in [-0.39, 0.29) is 23.9 Å². The zero-order chi connectivity index (χ0) is 13.6. The van der Waals surface area contributed by atoms with Crippen LogP contribution in [-0.4, -0.2) is 48.9 Å². The van der Waals surface area contributed by atoms with E-state index in [9.17, 15) is 9.59 Å². The van der Waals surface area contributed by atoms with Gasteiger partial charge in [0.2, 0.25) is 11.8 Å². The summed E-state index contributed by atoms with van der Waals surface area (Å²) < 4.78 is 0. The van der Waals surface area contributed by atoms with Crippen LogP contribution in [0.1, 0.15) is 34.1 Å². The molecule has 2 amide bonds. The first-order valence-corrected chi connectivity index (χ1v) is 6.10. The zero-order valence-electron chi connectivity index (χ0n) is 11.7. The fraction of sp³-hybridized carbons (Fsp3) is 0.833. The summed E-state index contributed by atoms with van der Waals surface area (Å²) in [4.78, 5) is 25.3. The van der Waals surface area contributed by atoms with E-state index in [1.807, 2.05) is 27.8 Å². The van der Waals surface area contributed by atoms with Crippen molar-refractivity contribution >= 4 is 11.8 Å². The molecule has 0 heterocycles. The molecule has 0 rings (SSSR count). The third-order valence-electron chi connectivity index (χ3n) is 3.25. The summed E-state index contributed by atoms with van der Waals surface area (Å²) in [5.74, 6) is -0.141. The number of hydrogen-bond donors (Lipinski definition) is 2. The average Bonchev–Trinajstić information content (AvgIpc) is 2.35. The SMILES string of the molecule is CCC(=O)N(C(C)C(=O)NC)C(C)C(C)NC. The van der Waals surface area contributed by atoms with Crippen LogP contribution in [0.4, 0.5) is 0 Å². The van der Waals surface area contributed by atoms with Crippen molar-refractivity contribution in [2.45, 2.75) is 52.2 Å². The molecule has 17 heavy (non-hydrogen) atoms. The van der Waals surface area contributed by atoms with Gasteiger partial charge in [-0.2, -0.15) is 0 Å². The molecule has 0 aromatic rings. The Hall–Kier alpha value is -1.10. The maximum atomic E-state index is 12.0. The van der Waals surface area contributed by atoms with E-state index < -0.39 is 6.04 Å². The van der Waals surface area contributed by atoms with Gasteiger partial charge in [0.05, 0.1) is 0 Å². The molecule has 5 heteroatoms. The standard InChI is InChI=1S/C12H25N3O2/c1-7-11(16)15(9(3)8(2)13-5)10(4)12(17)14-6/h8-10,13H,7H2,1-6H3,(H,14,17). The van der Waals surface area contributed by atoms with Crippen molar-refractivity contribution < 1.29 is 9.59 Å². The maximum absolute atomic E-state index is 12.0. The molecule has 0 radical (unpaired) electrons. The minimum atomic E-state index is -0.446. The Morgan fingerprint density at radius 3 is 2.06 bits per heavy atom. The Balaban J connectivity index is 5.00. The molecule has 0 saturated heterocycles. The van der Waals surface area contributed by atoms with Crippen LogP contribution in [0, 0.1) is 0 Å². The fourth-order valence-electron chi connectivity index (χ4n) is 1.80. The average molecular weight is 243 g/mol. The lowest BCUT2D eigenvalue weighted by molar-refractivity contribution is -0.142. The second-order valence-corrected chi connectivity index (χ2v) is 4.26. The van der Waals surface area contributed by atoms with E-state index in [0.29, 0.717) is 6.42 Å². The molecule has 0 aliphatic rings. The van der Waals surface area contributed by atoms with Crippen LogP contribution in [0.25, 0.3) is 0 Å². The number of carbonyl (C=O) groups excluding carboxylic acids is 2. The largest absolute Gasteiger partial charge is 0.357 e. The van der Waals surface area contributed by atoms with Gasteiger partial charge in [0.15, 0.2) is 0 Å². The van der Waals surface area contributed by atoms with Crippen molar-refractivity contribution in [2.75, 3.05) is 14.1 Å². The maximum Gasteiger partial charge on any atom is 0.242 e. The van der Waals surface area contributed by atoms with E-state index in [4.69, 9.17) is 0 Å². The lowest BCUT2D eigenvalue weighted by Gasteiger charge is -2.36. The molecule has 5 nitrogen and oxygen atoms in total. The summed E-state index contributed by atoms with van der Waals surface area (Å²) in [5, 5.41) is 5.69. The molecule has 0 aromatic carbocycles. The van der Waals surface area contributed by atoms with Gasteiger partial charge in [-0.25, -0.2) is 0 Å². The Morgan fingerprint density at radius 2 is 1.71 bits per heavy atom. The first-order valence-electron chi connectivity index (χ1n) is 6.10. The van der Waals surface area contributed by atoms with Crippen LogP contribution in [0.3, 0.4) is 0 Å². The van der Waals surface area contributed by atoms with Crippen molar-refractivity contribution in [1.82, 2.24) is 15.5 Å². The number of likely N-dealkylation sites (N-methyl/N-ethyl adjacent to an activating group) is 2. The summed E-state index contributed by atoms with van der Waals surface area (Å²) in [6.07, 6.45) is 0.405. The highest BCUT2D eigenvalue weighted by Crippen LogP contribution is 2.11. The molecular formula is C12H25N3O2. The van der Waals surface area contributed by atoms with Crippen LogP contribution in [0.2, 0.25) is 0 Å². The molecule has 2 N–H and O–H groups in total. The molecule has 100 valence electrons. The van der Waals surface area contributed by atoms with Gasteiger partial charge in [-0.3, -0.25) is 9.59 Å². The third kappa shape index (κ3) is 4.00. The van der Waals surface area contributed by atoms with Crippen molar-refractivity contribution in [2.24, 2.45) is 0 Å². The van der Waals surface area contributed by atoms with Gasteiger partial charge in [0, 0.05) is 25.6 Å². The lowest BCUT2D eigenvalue weighted by Crippen LogP contribution is -2.56. The van der Waals surface area contributed by atoms with Gasteiger partial charge < -0.3 is 15.5 Å².